The van der Waals surface area contributed by atoms with Gasteiger partial charge in [0.05, 0.1) is 7.11 Å². The largest absolute Gasteiger partial charge is 0.497 e. The Morgan fingerprint density at radius 1 is 1.25 bits per heavy atom. The molecule has 1 aliphatic heterocycles. The van der Waals surface area contributed by atoms with E-state index in [0.29, 0.717) is 11.4 Å². The van der Waals surface area contributed by atoms with Gasteiger partial charge in [0.2, 0.25) is 0 Å². The number of rotatable bonds is 5. The van der Waals surface area contributed by atoms with Crippen molar-refractivity contribution >= 4 is 17.5 Å². The van der Waals surface area contributed by atoms with Crippen molar-refractivity contribution in [3.8, 4) is 5.75 Å². The fourth-order valence-corrected chi connectivity index (χ4v) is 2.67. The third-order valence-corrected chi connectivity index (χ3v) is 3.78. The van der Waals surface area contributed by atoms with Crippen molar-refractivity contribution in [1.82, 2.24) is 5.32 Å². The molecule has 1 aromatic rings. The zero-order chi connectivity index (χ0) is 18.1. The van der Waals surface area contributed by atoms with Crippen LogP contribution >= 0.6 is 0 Å². The molecule has 24 heavy (non-hydrogen) atoms. The van der Waals surface area contributed by atoms with E-state index in [4.69, 9.17) is 9.47 Å². The zero-order valence-electron chi connectivity index (χ0n) is 14.6. The summed E-state index contributed by atoms with van der Waals surface area (Å²) in [6.45, 7) is 5.45. The molecule has 0 aliphatic carbocycles. The molecule has 2 N–H and O–H groups in total. The van der Waals surface area contributed by atoms with Crippen LogP contribution in [0.15, 0.2) is 24.3 Å². The minimum atomic E-state index is -1.39. The molecule has 1 saturated heterocycles. The summed E-state index contributed by atoms with van der Waals surface area (Å²) in [5.74, 6) is -0.187. The maximum Gasteiger partial charge on any atom is 0.258 e. The van der Waals surface area contributed by atoms with Gasteiger partial charge in [-0.2, -0.15) is 0 Å². The fraction of sp³-hybridized carbons (Fsp3) is 0.529. The van der Waals surface area contributed by atoms with Gasteiger partial charge in [-0.25, -0.2) is 0 Å². The number of benzene rings is 1. The van der Waals surface area contributed by atoms with Gasteiger partial charge in [-0.1, -0.05) is 0 Å². The summed E-state index contributed by atoms with van der Waals surface area (Å²) < 4.78 is 10.2. The van der Waals surface area contributed by atoms with E-state index >= 15 is 0 Å². The lowest BCUT2D eigenvalue weighted by Crippen LogP contribution is -2.72. The van der Waals surface area contributed by atoms with Gasteiger partial charge in [0.15, 0.2) is 12.2 Å². The SMILES string of the molecule is COc1ccc(N2C(=O)C(OC)C2C(O)C(=O)NC(C)(C)C)cc1. The van der Waals surface area contributed by atoms with Crippen LogP contribution < -0.4 is 15.0 Å². The van der Waals surface area contributed by atoms with Crippen LogP contribution in [0.5, 0.6) is 5.75 Å². The lowest BCUT2D eigenvalue weighted by molar-refractivity contribution is -0.149. The minimum absolute atomic E-state index is 0.296. The quantitative estimate of drug-likeness (QED) is 0.773. The Hall–Kier alpha value is -2.12. The molecule has 3 unspecified atom stereocenters. The van der Waals surface area contributed by atoms with Gasteiger partial charge in [-0.05, 0) is 45.0 Å². The first-order valence-electron chi connectivity index (χ1n) is 7.69. The lowest BCUT2D eigenvalue weighted by atomic mass is 9.90. The lowest BCUT2D eigenvalue weighted by Gasteiger charge is -2.47. The smallest absolute Gasteiger partial charge is 0.258 e. The maximum absolute atomic E-state index is 12.3. The number of ether oxygens (including phenoxy) is 2. The number of nitrogens with zero attached hydrogens (tertiary/aromatic N) is 1. The molecular weight excluding hydrogens is 312 g/mol. The number of aliphatic hydroxyl groups is 1. The Morgan fingerprint density at radius 2 is 1.83 bits per heavy atom. The minimum Gasteiger partial charge on any atom is -0.497 e. The van der Waals surface area contributed by atoms with Gasteiger partial charge in [-0.15, -0.1) is 0 Å². The van der Waals surface area contributed by atoms with Gasteiger partial charge in [0, 0.05) is 18.3 Å². The molecule has 2 amide bonds. The van der Waals surface area contributed by atoms with Gasteiger partial charge in [0.25, 0.3) is 11.8 Å². The van der Waals surface area contributed by atoms with E-state index in [1.165, 1.54) is 12.0 Å². The number of hydrogen-bond donors (Lipinski definition) is 2. The van der Waals surface area contributed by atoms with Crippen LogP contribution in [0.2, 0.25) is 0 Å². The number of anilines is 1. The van der Waals surface area contributed by atoms with E-state index in [0.717, 1.165) is 0 Å². The monoisotopic (exact) mass is 336 g/mol. The predicted octanol–water partition coefficient (Wildman–Crippen LogP) is 0.701. The van der Waals surface area contributed by atoms with Gasteiger partial charge in [-0.3, -0.25) is 9.59 Å². The number of nitrogens with one attached hydrogen (secondary N) is 1. The summed E-state index contributed by atoms with van der Waals surface area (Å²) in [5.41, 5.74) is 0.0843. The predicted molar refractivity (Wildman–Crippen MR) is 89.0 cm³/mol. The number of methoxy groups -OCH3 is 2. The van der Waals surface area contributed by atoms with Gasteiger partial charge < -0.3 is 24.8 Å². The molecule has 7 nitrogen and oxygen atoms in total. The summed E-state index contributed by atoms with van der Waals surface area (Å²) in [4.78, 5) is 25.9. The second-order valence-electron chi connectivity index (χ2n) is 6.74. The second-order valence-corrected chi connectivity index (χ2v) is 6.74. The van der Waals surface area contributed by atoms with E-state index < -0.39 is 29.7 Å². The first-order valence-corrected chi connectivity index (χ1v) is 7.69. The molecule has 7 heteroatoms. The highest BCUT2D eigenvalue weighted by molar-refractivity contribution is 6.06. The van der Waals surface area contributed by atoms with Crippen molar-refractivity contribution in [2.45, 2.75) is 44.6 Å². The highest BCUT2D eigenvalue weighted by Gasteiger charge is 2.54. The van der Waals surface area contributed by atoms with Crippen molar-refractivity contribution in [2.75, 3.05) is 19.1 Å². The Kier molecular flexibility index (Phi) is 5.15. The molecule has 2 rings (SSSR count). The highest BCUT2D eigenvalue weighted by atomic mass is 16.5. The first kappa shape index (κ1) is 18.2. The molecule has 0 spiro atoms. The van der Waals surface area contributed by atoms with E-state index in [1.807, 2.05) is 20.8 Å². The average Bonchev–Trinajstić information content (AvgIpc) is 2.51. The first-order chi connectivity index (χ1) is 11.2. The molecule has 0 saturated carbocycles. The molecule has 1 aromatic carbocycles. The molecular formula is C17H24N2O5. The van der Waals surface area contributed by atoms with Crippen molar-refractivity contribution in [1.29, 1.82) is 0 Å². The number of amides is 2. The summed E-state index contributed by atoms with van der Waals surface area (Å²) in [7, 11) is 2.93. The van der Waals surface area contributed by atoms with E-state index in [9.17, 15) is 14.7 Å². The topological polar surface area (TPSA) is 88.1 Å². The summed E-state index contributed by atoms with van der Waals surface area (Å²) in [6, 6.07) is 6.04. The molecule has 1 heterocycles. The molecule has 0 radical (unpaired) electrons. The van der Waals surface area contributed by atoms with E-state index in [2.05, 4.69) is 5.32 Å². The van der Waals surface area contributed by atoms with Crippen LogP contribution in [0.3, 0.4) is 0 Å². The van der Waals surface area contributed by atoms with Crippen LogP contribution in [0, 0.1) is 0 Å². The summed E-state index contributed by atoms with van der Waals surface area (Å²) in [5, 5.41) is 13.2. The highest BCUT2D eigenvalue weighted by Crippen LogP contribution is 2.33. The second kappa shape index (κ2) is 6.78. The standard InChI is InChI=1S/C17H24N2O5/c1-17(2,3)18-15(21)13(20)12-14(24-5)16(22)19(12)10-6-8-11(23-4)9-7-10/h6-9,12-14,20H,1-5H3,(H,18,21). The fourth-order valence-electron chi connectivity index (χ4n) is 2.67. The van der Waals surface area contributed by atoms with E-state index in [-0.39, 0.29) is 5.91 Å². The number of carbonyl (C=O) groups is 2. The van der Waals surface area contributed by atoms with Crippen LogP contribution in [-0.2, 0) is 14.3 Å². The van der Waals surface area contributed by atoms with Crippen LogP contribution in [-0.4, -0.2) is 54.9 Å². The number of hydrogen-bond acceptors (Lipinski definition) is 5. The summed E-state index contributed by atoms with van der Waals surface area (Å²) in [6.07, 6.45) is -2.25. The van der Waals surface area contributed by atoms with Crippen molar-refractivity contribution in [2.24, 2.45) is 0 Å². The zero-order valence-corrected chi connectivity index (χ0v) is 14.6. The Balaban J connectivity index is 2.23. The normalized spacial score (nSPS) is 21.9. The molecule has 1 aliphatic rings. The number of β-lactam (4-membered cyclic amide) rings is 1. The summed E-state index contributed by atoms with van der Waals surface area (Å²) >= 11 is 0. The third kappa shape index (κ3) is 3.52. The Bertz CT molecular complexity index is 608. The van der Waals surface area contributed by atoms with Gasteiger partial charge in [0.1, 0.15) is 11.8 Å². The number of aliphatic hydroxyl groups excluding tert-OH is 1. The molecule has 0 aromatic heterocycles. The maximum atomic E-state index is 12.3. The van der Waals surface area contributed by atoms with E-state index in [1.54, 1.807) is 31.4 Å². The number of carbonyl (C=O) groups excluding carboxylic acids is 2. The van der Waals surface area contributed by atoms with Crippen molar-refractivity contribution in [3.05, 3.63) is 24.3 Å². The van der Waals surface area contributed by atoms with Crippen molar-refractivity contribution in [3.63, 3.8) is 0 Å². The van der Waals surface area contributed by atoms with Crippen LogP contribution in [0.1, 0.15) is 20.8 Å². The average molecular weight is 336 g/mol. The Morgan fingerprint density at radius 3 is 2.29 bits per heavy atom. The molecule has 1 fully saturated rings. The Labute approximate surface area is 141 Å². The van der Waals surface area contributed by atoms with Gasteiger partial charge >= 0.3 is 0 Å². The van der Waals surface area contributed by atoms with Crippen LogP contribution in [0.25, 0.3) is 0 Å². The third-order valence-electron chi connectivity index (χ3n) is 3.78. The molecule has 3 atom stereocenters. The molecule has 132 valence electrons. The molecule has 0 bridgehead atoms. The van der Waals surface area contributed by atoms with Crippen molar-refractivity contribution < 1.29 is 24.2 Å². The van der Waals surface area contributed by atoms with Crippen LogP contribution in [0.4, 0.5) is 5.69 Å².